The number of fused-ring (bicyclic) bond motifs is 1. The predicted molar refractivity (Wildman–Crippen MR) is 74.9 cm³/mol. The molecule has 2 rings (SSSR count). The van der Waals surface area contributed by atoms with E-state index in [0.717, 1.165) is 16.9 Å². The van der Waals surface area contributed by atoms with Crippen LogP contribution in [0.25, 0.3) is 0 Å². The normalized spacial score (nSPS) is 16.1. The van der Waals surface area contributed by atoms with E-state index in [-0.39, 0.29) is 11.9 Å². The van der Waals surface area contributed by atoms with Gasteiger partial charge in [0.05, 0.1) is 12.5 Å². The number of carbonyl (C=O) groups is 1. The molecule has 18 heavy (non-hydrogen) atoms. The summed E-state index contributed by atoms with van der Waals surface area (Å²) in [4.78, 5) is 14.1. The highest BCUT2D eigenvalue weighted by molar-refractivity contribution is 6.02. The van der Waals surface area contributed by atoms with Crippen molar-refractivity contribution in [1.82, 2.24) is 0 Å². The molecule has 1 amide bonds. The summed E-state index contributed by atoms with van der Waals surface area (Å²) in [5.41, 5.74) is 8.97. The molecule has 1 aliphatic heterocycles. The zero-order chi connectivity index (χ0) is 13.3. The lowest BCUT2D eigenvalue weighted by Crippen LogP contribution is -2.46. The molecule has 0 radical (unpaired) electrons. The Morgan fingerprint density at radius 1 is 1.44 bits per heavy atom. The van der Waals surface area contributed by atoms with E-state index in [0.29, 0.717) is 18.9 Å². The molecule has 1 atom stereocenters. The third-order valence-electron chi connectivity index (χ3n) is 3.58. The maximum atomic E-state index is 12.2. The summed E-state index contributed by atoms with van der Waals surface area (Å²) in [7, 11) is 1.88. The Morgan fingerprint density at radius 3 is 2.72 bits per heavy atom. The zero-order valence-electron chi connectivity index (χ0n) is 11.2. The smallest absolute Gasteiger partial charge is 0.231 e. The van der Waals surface area contributed by atoms with E-state index in [1.54, 1.807) is 0 Å². The number of hydrogen-bond acceptors (Lipinski definition) is 3. The minimum absolute atomic E-state index is 0.0826. The molecule has 0 spiro atoms. The van der Waals surface area contributed by atoms with Gasteiger partial charge in [-0.15, -0.1) is 0 Å². The molecular formula is C14H21N3O. The van der Waals surface area contributed by atoms with Gasteiger partial charge in [-0.3, -0.25) is 4.79 Å². The highest BCUT2D eigenvalue weighted by Crippen LogP contribution is 2.33. The van der Waals surface area contributed by atoms with Crippen LogP contribution in [0.1, 0.15) is 19.4 Å². The lowest BCUT2D eigenvalue weighted by atomic mass is 10.0. The van der Waals surface area contributed by atoms with Crippen molar-refractivity contribution < 1.29 is 4.79 Å². The lowest BCUT2D eigenvalue weighted by Gasteiger charge is -2.30. The second-order valence-electron chi connectivity index (χ2n) is 5.08. The number of benzene rings is 1. The maximum absolute atomic E-state index is 12.2. The first-order chi connectivity index (χ1) is 8.58. The van der Waals surface area contributed by atoms with Crippen LogP contribution in [0.4, 0.5) is 11.4 Å². The van der Waals surface area contributed by atoms with Gasteiger partial charge in [-0.1, -0.05) is 13.8 Å². The Balaban J connectivity index is 2.38. The molecule has 1 unspecified atom stereocenters. The van der Waals surface area contributed by atoms with Gasteiger partial charge >= 0.3 is 0 Å². The lowest BCUT2D eigenvalue weighted by molar-refractivity contribution is -0.118. The Kier molecular flexibility index (Phi) is 3.57. The van der Waals surface area contributed by atoms with Crippen LogP contribution >= 0.6 is 0 Å². The second-order valence-corrected chi connectivity index (χ2v) is 5.08. The number of anilines is 2. The Morgan fingerprint density at radius 2 is 2.17 bits per heavy atom. The summed E-state index contributed by atoms with van der Waals surface area (Å²) >= 11 is 0. The molecule has 0 fully saturated rings. The van der Waals surface area contributed by atoms with Crippen LogP contribution in [-0.4, -0.2) is 25.5 Å². The van der Waals surface area contributed by atoms with Crippen molar-refractivity contribution in [1.29, 1.82) is 0 Å². The van der Waals surface area contributed by atoms with Gasteiger partial charge in [0, 0.05) is 25.0 Å². The van der Waals surface area contributed by atoms with E-state index >= 15 is 0 Å². The van der Waals surface area contributed by atoms with Crippen molar-refractivity contribution in [3.05, 3.63) is 23.8 Å². The van der Waals surface area contributed by atoms with Crippen molar-refractivity contribution >= 4 is 17.3 Å². The molecule has 1 heterocycles. The molecule has 1 aliphatic rings. The van der Waals surface area contributed by atoms with E-state index in [1.807, 2.05) is 30.1 Å². The van der Waals surface area contributed by atoms with Crippen LogP contribution in [0.3, 0.4) is 0 Å². The van der Waals surface area contributed by atoms with Crippen molar-refractivity contribution in [2.75, 3.05) is 23.8 Å². The van der Waals surface area contributed by atoms with Crippen LogP contribution in [0.5, 0.6) is 0 Å². The van der Waals surface area contributed by atoms with Crippen LogP contribution < -0.4 is 16.0 Å². The second kappa shape index (κ2) is 4.98. The third-order valence-corrected chi connectivity index (χ3v) is 3.58. The molecule has 4 heteroatoms. The van der Waals surface area contributed by atoms with Crippen LogP contribution in [-0.2, 0) is 11.2 Å². The number of rotatable bonds is 4. The first-order valence-corrected chi connectivity index (χ1v) is 6.41. The molecular weight excluding hydrogens is 226 g/mol. The van der Waals surface area contributed by atoms with Crippen molar-refractivity contribution in [2.24, 2.45) is 11.7 Å². The quantitative estimate of drug-likeness (QED) is 0.849. The molecule has 4 nitrogen and oxygen atoms in total. The fourth-order valence-electron chi connectivity index (χ4n) is 2.54. The number of carbonyl (C=O) groups excluding carboxylic acids is 1. The topological polar surface area (TPSA) is 58.4 Å². The minimum Gasteiger partial charge on any atom is -0.388 e. The zero-order valence-corrected chi connectivity index (χ0v) is 11.2. The first kappa shape index (κ1) is 12.9. The van der Waals surface area contributed by atoms with Crippen molar-refractivity contribution in [2.45, 2.75) is 26.3 Å². The van der Waals surface area contributed by atoms with Gasteiger partial charge in [-0.05, 0) is 29.7 Å². The summed E-state index contributed by atoms with van der Waals surface area (Å²) in [6.07, 6.45) is 0.480. The van der Waals surface area contributed by atoms with Crippen molar-refractivity contribution in [3.8, 4) is 0 Å². The molecule has 0 saturated heterocycles. The molecule has 3 N–H and O–H groups in total. The molecule has 1 aromatic carbocycles. The Hall–Kier alpha value is -1.55. The molecule has 1 aromatic rings. The van der Waals surface area contributed by atoms with E-state index in [1.165, 1.54) is 0 Å². The van der Waals surface area contributed by atoms with Gasteiger partial charge in [0.15, 0.2) is 0 Å². The number of nitrogens with one attached hydrogen (secondary N) is 1. The van der Waals surface area contributed by atoms with Gasteiger partial charge in [-0.2, -0.15) is 0 Å². The highest BCUT2D eigenvalue weighted by atomic mass is 16.2. The van der Waals surface area contributed by atoms with E-state index < -0.39 is 0 Å². The van der Waals surface area contributed by atoms with E-state index in [9.17, 15) is 4.79 Å². The number of hydrogen-bond donors (Lipinski definition) is 2. The fourth-order valence-corrected chi connectivity index (χ4v) is 2.54. The van der Waals surface area contributed by atoms with Gasteiger partial charge in [-0.25, -0.2) is 0 Å². The predicted octanol–water partition coefficient (Wildman–Crippen LogP) is 1.60. The SMILES string of the molecule is CNc1ccc2c(c1)CC(=O)N2C(CN)C(C)C. The minimum atomic E-state index is 0.0826. The van der Waals surface area contributed by atoms with Crippen LogP contribution in [0.2, 0.25) is 0 Å². The van der Waals surface area contributed by atoms with Crippen molar-refractivity contribution in [3.63, 3.8) is 0 Å². The van der Waals surface area contributed by atoms with Crippen LogP contribution in [0.15, 0.2) is 18.2 Å². The fraction of sp³-hybridized carbons (Fsp3) is 0.500. The maximum Gasteiger partial charge on any atom is 0.231 e. The summed E-state index contributed by atoms with van der Waals surface area (Å²) in [5.74, 6) is 0.510. The van der Waals surface area contributed by atoms with Gasteiger partial charge in [0.1, 0.15) is 0 Å². The van der Waals surface area contributed by atoms with Crippen LogP contribution in [0, 0.1) is 5.92 Å². The molecule has 0 bridgehead atoms. The highest BCUT2D eigenvalue weighted by Gasteiger charge is 2.33. The summed E-state index contributed by atoms with van der Waals surface area (Å²) < 4.78 is 0. The molecule has 0 aromatic heterocycles. The average Bonchev–Trinajstić information content (AvgIpc) is 2.66. The van der Waals surface area contributed by atoms with Gasteiger partial charge in [0.2, 0.25) is 5.91 Å². The molecule has 0 aliphatic carbocycles. The third kappa shape index (κ3) is 2.08. The Bertz CT molecular complexity index is 456. The van der Waals surface area contributed by atoms with E-state index in [4.69, 9.17) is 5.73 Å². The standard InChI is InChI=1S/C14H21N3O/c1-9(2)13(8-15)17-12-5-4-11(16-3)6-10(12)7-14(17)18/h4-6,9,13,16H,7-8,15H2,1-3H3. The van der Waals surface area contributed by atoms with E-state index in [2.05, 4.69) is 19.2 Å². The number of amides is 1. The Labute approximate surface area is 108 Å². The van der Waals surface area contributed by atoms with Gasteiger partial charge < -0.3 is 16.0 Å². The largest absolute Gasteiger partial charge is 0.388 e. The first-order valence-electron chi connectivity index (χ1n) is 6.41. The molecule has 98 valence electrons. The summed E-state index contributed by atoms with van der Waals surface area (Å²) in [6, 6.07) is 6.13. The van der Waals surface area contributed by atoms with Gasteiger partial charge in [0.25, 0.3) is 0 Å². The summed E-state index contributed by atoms with van der Waals surface area (Å²) in [6.45, 7) is 4.70. The number of nitrogens with zero attached hydrogens (tertiary/aromatic N) is 1. The number of nitrogens with two attached hydrogens (primary N) is 1. The average molecular weight is 247 g/mol. The summed E-state index contributed by atoms with van der Waals surface area (Å²) in [5, 5.41) is 3.10. The molecule has 0 saturated carbocycles. The monoisotopic (exact) mass is 247 g/mol.